The fourth-order valence-corrected chi connectivity index (χ4v) is 2.90. The molecule has 1 atom stereocenters. The minimum Gasteiger partial charge on any atom is -0.335 e. The Morgan fingerprint density at radius 2 is 2.50 bits per heavy atom. The molecule has 0 aliphatic carbocycles. The number of nitrogens with one attached hydrogen (secondary N) is 1. The van der Waals surface area contributed by atoms with Gasteiger partial charge in [0.1, 0.15) is 5.00 Å². The van der Waals surface area contributed by atoms with Crippen molar-refractivity contribution in [1.82, 2.24) is 13.9 Å². The number of imidazole rings is 1. The van der Waals surface area contributed by atoms with E-state index in [1.807, 2.05) is 25.5 Å². The van der Waals surface area contributed by atoms with Crippen LogP contribution in [0.4, 0.5) is 5.00 Å². The van der Waals surface area contributed by atoms with Crippen molar-refractivity contribution in [3.63, 3.8) is 0 Å². The predicted octanol–water partition coefficient (Wildman–Crippen LogP) is 1.85. The second-order valence-electron chi connectivity index (χ2n) is 4.59. The van der Waals surface area contributed by atoms with E-state index in [2.05, 4.69) is 19.2 Å². The molecule has 3 rings (SSSR count). The number of hydrogen-bond acceptors (Lipinski definition) is 4. The van der Waals surface area contributed by atoms with Crippen molar-refractivity contribution < 1.29 is 4.79 Å². The Balaban J connectivity index is 1.67. The summed E-state index contributed by atoms with van der Waals surface area (Å²) in [6.45, 7) is 2.79. The summed E-state index contributed by atoms with van der Waals surface area (Å²) < 4.78 is 6.27. The number of hydrogen-bond donors (Lipinski definition) is 1. The number of carbonyl (C=O) groups is 1. The number of aromatic nitrogens is 3. The minimum atomic E-state index is 0.0385. The zero-order valence-corrected chi connectivity index (χ0v) is 10.9. The van der Waals surface area contributed by atoms with Crippen LogP contribution in [-0.4, -0.2) is 19.8 Å². The Bertz CT molecular complexity index is 574. The standard InChI is InChI=1S/C12H14N4OS/c1-8-4-11(18-15-8)14-12(17)9-2-3-16-7-13-6-10(16)5-9/h4,6-7,9H,2-3,5H2,1H3,(H,14,17). The zero-order valence-electron chi connectivity index (χ0n) is 10.1. The molecule has 5 nitrogen and oxygen atoms in total. The van der Waals surface area contributed by atoms with Crippen LogP contribution in [0.15, 0.2) is 18.6 Å². The van der Waals surface area contributed by atoms with Gasteiger partial charge >= 0.3 is 0 Å². The van der Waals surface area contributed by atoms with Crippen LogP contribution in [0, 0.1) is 12.8 Å². The summed E-state index contributed by atoms with van der Waals surface area (Å²) in [6.07, 6.45) is 5.31. The molecule has 2 aromatic heterocycles. The highest BCUT2D eigenvalue weighted by molar-refractivity contribution is 7.10. The molecule has 1 aliphatic rings. The quantitative estimate of drug-likeness (QED) is 0.898. The Kier molecular flexibility index (Phi) is 2.87. The molecule has 0 saturated carbocycles. The molecule has 1 aliphatic heterocycles. The van der Waals surface area contributed by atoms with Gasteiger partial charge in [-0.3, -0.25) is 4.79 Å². The molecule has 0 saturated heterocycles. The zero-order chi connectivity index (χ0) is 12.5. The van der Waals surface area contributed by atoms with Crippen molar-refractivity contribution in [1.29, 1.82) is 0 Å². The van der Waals surface area contributed by atoms with Gasteiger partial charge in [-0.2, -0.15) is 4.37 Å². The summed E-state index contributed by atoms with van der Waals surface area (Å²) in [5, 5.41) is 3.77. The third kappa shape index (κ3) is 2.15. The SMILES string of the molecule is Cc1cc(NC(=O)C2CCn3cncc3C2)sn1. The first kappa shape index (κ1) is 11.4. The maximum atomic E-state index is 12.1. The summed E-state index contributed by atoms with van der Waals surface area (Å²) in [6, 6.07) is 1.90. The summed E-state index contributed by atoms with van der Waals surface area (Å²) in [4.78, 5) is 16.3. The van der Waals surface area contributed by atoms with E-state index in [1.165, 1.54) is 11.5 Å². The largest absolute Gasteiger partial charge is 0.335 e. The van der Waals surface area contributed by atoms with E-state index < -0.39 is 0 Å². The van der Waals surface area contributed by atoms with Crippen LogP contribution in [0.5, 0.6) is 0 Å². The predicted molar refractivity (Wildman–Crippen MR) is 69.5 cm³/mol. The number of carbonyl (C=O) groups excluding carboxylic acids is 1. The van der Waals surface area contributed by atoms with Gasteiger partial charge in [-0.1, -0.05) is 0 Å². The lowest BCUT2D eigenvalue weighted by Crippen LogP contribution is -2.29. The van der Waals surface area contributed by atoms with Crippen LogP contribution in [0.25, 0.3) is 0 Å². The van der Waals surface area contributed by atoms with Crippen molar-refractivity contribution in [2.75, 3.05) is 5.32 Å². The third-order valence-corrected chi connectivity index (χ3v) is 4.01. The maximum absolute atomic E-state index is 12.1. The molecule has 0 spiro atoms. The average Bonchev–Trinajstić information content (AvgIpc) is 2.96. The third-order valence-electron chi connectivity index (χ3n) is 3.22. The molecular weight excluding hydrogens is 248 g/mol. The van der Waals surface area contributed by atoms with Gasteiger partial charge in [0, 0.05) is 30.8 Å². The first-order valence-electron chi connectivity index (χ1n) is 5.95. The van der Waals surface area contributed by atoms with Gasteiger partial charge in [-0.15, -0.1) is 0 Å². The molecule has 1 amide bonds. The molecular formula is C12H14N4OS. The van der Waals surface area contributed by atoms with E-state index >= 15 is 0 Å². The molecule has 1 N–H and O–H groups in total. The molecule has 1 unspecified atom stereocenters. The molecule has 0 radical (unpaired) electrons. The van der Waals surface area contributed by atoms with E-state index in [0.717, 1.165) is 35.8 Å². The number of rotatable bonds is 2. The lowest BCUT2D eigenvalue weighted by Gasteiger charge is -2.22. The molecule has 6 heteroatoms. The number of aryl methyl sites for hydroxylation is 2. The van der Waals surface area contributed by atoms with Gasteiger partial charge in [0.2, 0.25) is 5.91 Å². The van der Waals surface area contributed by atoms with E-state index in [1.54, 1.807) is 0 Å². The smallest absolute Gasteiger partial charge is 0.228 e. The Labute approximate surface area is 109 Å². The van der Waals surface area contributed by atoms with Gasteiger partial charge in [0.25, 0.3) is 0 Å². The van der Waals surface area contributed by atoms with Crippen molar-refractivity contribution in [3.05, 3.63) is 30.0 Å². The lowest BCUT2D eigenvalue weighted by molar-refractivity contribution is -0.120. The van der Waals surface area contributed by atoms with Crippen LogP contribution >= 0.6 is 11.5 Å². The summed E-state index contributed by atoms with van der Waals surface area (Å²) in [7, 11) is 0. The normalized spacial score (nSPS) is 18.4. The number of amides is 1. The van der Waals surface area contributed by atoms with Crippen LogP contribution in [0.2, 0.25) is 0 Å². The molecule has 3 heterocycles. The topological polar surface area (TPSA) is 59.8 Å². The van der Waals surface area contributed by atoms with Crippen molar-refractivity contribution in [2.45, 2.75) is 26.3 Å². The summed E-state index contributed by atoms with van der Waals surface area (Å²) >= 11 is 1.33. The summed E-state index contributed by atoms with van der Waals surface area (Å²) in [5.74, 6) is 0.128. The molecule has 0 bridgehead atoms. The van der Waals surface area contributed by atoms with Crippen LogP contribution < -0.4 is 5.32 Å². The molecule has 2 aromatic rings. The van der Waals surface area contributed by atoms with E-state index in [4.69, 9.17) is 0 Å². The highest BCUT2D eigenvalue weighted by Gasteiger charge is 2.25. The van der Waals surface area contributed by atoms with Crippen LogP contribution in [0.1, 0.15) is 17.8 Å². The van der Waals surface area contributed by atoms with E-state index in [0.29, 0.717) is 0 Å². The van der Waals surface area contributed by atoms with Gasteiger partial charge in [-0.25, -0.2) is 4.98 Å². The fourth-order valence-electron chi connectivity index (χ4n) is 2.24. The van der Waals surface area contributed by atoms with Crippen molar-refractivity contribution in [3.8, 4) is 0 Å². The molecule has 0 aromatic carbocycles. The number of anilines is 1. The number of nitrogens with zero attached hydrogens (tertiary/aromatic N) is 3. The van der Waals surface area contributed by atoms with Gasteiger partial charge in [0.05, 0.1) is 12.0 Å². The monoisotopic (exact) mass is 262 g/mol. The molecule has 18 heavy (non-hydrogen) atoms. The Morgan fingerprint density at radius 1 is 1.61 bits per heavy atom. The second kappa shape index (κ2) is 4.53. The van der Waals surface area contributed by atoms with Crippen LogP contribution in [0.3, 0.4) is 0 Å². The highest BCUT2D eigenvalue weighted by atomic mass is 32.1. The summed E-state index contributed by atoms with van der Waals surface area (Å²) in [5.41, 5.74) is 2.08. The average molecular weight is 262 g/mol. The molecule has 0 fully saturated rings. The number of fused-ring (bicyclic) bond motifs is 1. The maximum Gasteiger partial charge on any atom is 0.228 e. The Morgan fingerprint density at radius 3 is 3.28 bits per heavy atom. The van der Waals surface area contributed by atoms with Gasteiger partial charge in [-0.05, 0) is 30.9 Å². The fraction of sp³-hybridized carbons (Fsp3) is 0.417. The first-order valence-corrected chi connectivity index (χ1v) is 6.73. The second-order valence-corrected chi connectivity index (χ2v) is 5.39. The first-order chi connectivity index (χ1) is 8.72. The highest BCUT2D eigenvalue weighted by Crippen LogP contribution is 2.23. The van der Waals surface area contributed by atoms with E-state index in [-0.39, 0.29) is 11.8 Å². The van der Waals surface area contributed by atoms with Crippen LogP contribution in [-0.2, 0) is 17.8 Å². The van der Waals surface area contributed by atoms with Gasteiger partial charge < -0.3 is 9.88 Å². The van der Waals surface area contributed by atoms with Crippen molar-refractivity contribution >= 4 is 22.4 Å². The van der Waals surface area contributed by atoms with E-state index in [9.17, 15) is 4.79 Å². The molecule has 94 valence electrons. The Hall–Kier alpha value is -1.69. The van der Waals surface area contributed by atoms with Gasteiger partial charge in [0.15, 0.2) is 0 Å². The minimum absolute atomic E-state index is 0.0385. The lowest BCUT2D eigenvalue weighted by atomic mass is 9.95. The van der Waals surface area contributed by atoms with Crippen molar-refractivity contribution in [2.24, 2.45) is 5.92 Å².